The van der Waals surface area contributed by atoms with Crippen LogP contribution in [0.3, 0.4) is 0 Å². The third kappa shape index (κ3) is 4.49. The molecule has 0 radical (unpaired) electrons. The molecule has 1 atom stereocenters. The van der Waals surface area contributed by atoms with Gasteiger partial charge in [-0.2, -0.15) is 0 Å². The Balaban J connectivity index is 1.48. The van der Waals surface area contributed by atoms with Crippen molar-refractivity contribution in [2.45, 2.75) is 32.2 Å². The number of para-hydroxylation sites is 1. The lowest BCUT2D eigenvalue weighted by Crippen LogP contribution is -2.29. The van der Waals surface area contributed by atoms with E-state index in [1.807, 2.05) is 29.6 Å². The number of fused-ring (bicyclic) bond motifs is 1. The van der Waals surface area contributed by atoms with Crippen molar-refractivity contribution >= 4 is 28.1 Å². The smallest absolute Gasteiger partial charge is 0.258 e. The van der Waals surface area contributed by atoms with Crippen LogP contribution in [0.4, 0.5) is 0 Å². The zero-order valence-corrected chi connectivity index (χ0v) is 17.5. The molecule has 0 spiro atoms. The normalized spacial score (nSPS) is 12.0. The number of nitrogens with zero attached hydrogens (tertiary/aromatic N) is 1. The van der Waals surface area contributed by atoms with Crippen molar-refractivity contribution in [2.75, 3.05) is 0 Å². The van der Waals surface area contributed by atoms with E-state index in [1.54, 1.807) is 23.5 Å². The number of amides is 1. The van der Waals surface area contributed by atoms with Crippen molar-refractivity contribution in [3.63, 3.8) is 0 Å². The number of carbonyl (C=O) groups excluding carboxylic acids is 1. The average Bonchev–Trinajstić information content (AvgIpc) is 3.31. The van der Waals surface area contributed by atoms with Gasteiger partial charge in [0, 0.05) is 17.7 Å². The molecule has 2 aromatic heterocycles. The molecule has 5 nitrogen and oxygen atoms in total. The Labute approximate surface area is 178 Å². The summed E-state index contributed by atoms with van der Waals surface area (Å²) in [7, 11) is 0. The minimum atomic E-state index is -0.188. The van der Waals surface area contributed by atoms with Crippen molar-refractivity contribution in [1.29, 1.82) is 0 Å². The quantitative estimate of drug-likeness (QED) is 0.468. The van der Waals surface area contributed by atoms with Gasteiger partial charge in [-0.15, -0.1) is 11.3 Å². The SMILES string of the molecule is CCc1ccc(C(NC(=O)CCc2nc3ccccc3c(=O)[nH]2)c2cccs2)cc1. The van der Waals surface area contributed by atoms with Gasteiger partial charge in [0.25, 0.3) is 5.56 Å². The van der Waals surface area contributed by atoms with E-state index in [4.69, 9.17) is 0 Å². The molecule has 4 rings (SSSR count). The Kier molecular flexibility index (Phi) is 6.05. The van der Waals surface area contributed by atoms with Gasteiger partial charge in [0.05, 0.1) is 16.9 Å². The molecule has 152 valence electrons. The van der Waals surface area contributed by atoms with Gasteiger partial charge < -0.3 is 10.3 Å². The van der Waals surface area contributed by atoms with Crippen LogP contribution in [-0.2, 0) is 17.6 Å². The summed E-state index contributed by atoms with van der Waals surface area (Å²) in [5, 5.41) is 5.71. The van der Waals surface area contributed by atoms with Crippen molar-refractivity contribution < 1.29 is 4.79 Å². The van der Waals surface area contributed by atoms with E-state index < -0.39 is 0 Å². The molecule has 0 fully saturated rings. The lowest BCUT2D eigenvalue weighted by Gasteiger charge is -2.18. The van der Waals surface area contributed by atoms with Crippen LogP contribution < -0.4 is 10.9 Å². The molecule has 2 N–H and O–H groups in total. The molecule has 0 saturated heterocycles. The molecule has 30 heavy (non-hydrogen) atoms. The number of aromatic amines is 1. The number of aryl methyl sites for hydroxylation is 2. The number of thiophene rings is 1. The van der Waals surface area contributed by atoms with Crippen molar-refractivity contribution in [2.24, 2.45) is 0 Å². The number of rotatable bonds is 7. The van der Waals surface area contributed by atoms with Crippen molar-refractivity contribution in [1.82, 2.24) is 15.3 Å². The molecule has 0 bridgehead atoms. The average molecular weight is 418 g/mol. The van der Waals surface area contributed by atoms with E-state index in [0.29, 0.717) is 23.1 Å². The maximum Gasteiger partial charge on any atom is 0.258 e. The van der Waals surface area contributed by atoms with E-state index >= 15 is 0 Å². The lowest BCUT2D eigenvalue weighted by atomic mass is 10.0. The van der Waals surface area contributed by atoms with Crippen LogP contribution in [0.2, 0.25) is 0 Å². The Hall–Kier alpha value is -3.25. The predicted octanol–water partition coefficient (Wildman–Crippen LogP) is 4.39. The lowest BCUT2D eigenvalue weighted by molar-refractivity contribution is -0.121. The summed E-state index contributed by atoms with van der Waals surface area (Å²) >= 11 is 1.62. The molecule has 1 amide bonds. The number of aromatic nitrogens is 2. The van der Waals surface area contributed by atoms with E-state index in [1.165, 1.54) is 5.56 Å². The minimum Gasteiger partial charge on any atom is -0.344 e. The summed E-state index contributed by atoms with van der Waals surface area (Å²) in [6.07, 6.45) is 1.60. The highest BCUT2D eigenvalue weighted by atomic mass is 32.1. The maximum atomic E-state index is 12.7. The largest absolute Gasteiger partial charge is 0.344 e. The molecule has 0 saturated carbocycles. The summed E-state index contributed by atoms with van der Waals surface area (Å²) in [5.74, 6) is 0.442. The topological polar surface area (TPSA) is 74.8 Å². The number of hydrogen-bond donors (Lipinski definition) is 2. The first kappa shape index (κ1) is 20.0. The van der Waals surface area contributed by atoms with Crippen LogP contribution in [-0.4, -0.2) is 15.9 Å². The van der Waals surface area contributed by atoms with E-state index in [9.17, 15) is 9.59 Å². The standard InChI is InChI=1S/C24H23N3O2S/c1-2-16-9-11-17(12-10-16)23(20-8-5-15-30-20)27-22(28)14-13-21-25-19-7-4-3-6-18(19)24(29)26-21/h3-12,15,23H,2,13-14H2,1H3,(H,27,28)(H,25,26,29). The highest BCUT2D eigenvalue weighted by molar-refractivity contribution is 7.10. The second-order valence-electron chi connectivity index (χ2n) is 7.14. The maximum absolute atomic E-state index is 12.7. The Morgan fingerprint density at radius 1 is 1.10 bits per heavy atom. The molecule has 2 heterocycles. The van der Waals surface area contributed by atoms with Crippen molar-refractivity contribution in [3.8, 4) is 0 Å². The summed E-state index contributed by atoms with van der Waals surface area (Å²) in [6.45, 7) is 2.12. The second kappa shape index (κ2) is 9.05. The first-order valence-corrected chi connectivity index (χ1v) is 10.9. The van der Waals surface area contributed by atoms with Gasteiger partial charge in [-0.1, -0.05) is 49.4 Å². The zero-order chi connectivity index (χ0) is 20.9. The molecule has 0 aliphatic heterocycles. The van der Waals surface area contributed by atoms with Gasteiger partial charge in [0.15, 0.2) is 0 Å². The van der Waals surface area contributed by atoms with Crippen LogP contribution in [0.1, 0.15) is 41.2 Å². The van der Waals surface area contributed by atoms with Gasteiger partial charge in [0.2, 0.25) is 5.91 Å². The molecule has 4 aromatic rings. The fourth-order valence-electron chi connectivity index (χ4n) is 3.44. The van der Waals surface area contributed by atoms with Gasteiger partial charge in [-0.25, -0.2) is 4.98 Å². The third-order valence-corrected chi connectivity index (χ3v) is 6.04. The Morgan fingerprint density at radius 2 is 1.90 bits per heavy atom. The van der Waals surface area contributed by atoms with Gasteiger partial charge in [0.1, 0.15) is 5.82 Å². The summed E-state index contributed by atoms with van der Waals surface area (Å²) in [5.41, 5.74) is 2.79. The summed E-state index contributed by atoms with van der Waals surface area (Å²) in [4.78, 5) is 33.3. The van der Waals surface area contributed by atoms with Crippen LogP contribution in [0, 0.1) is 0 Å². The first-order valence-electron chi connectivity index (χ1n) is 10.0. The summed E-state index contributed by atoms with van der Waals surface area (Å²) in [6, 6.07) is 19.4. The number of carbonyl (C=O) groups is 1. The number of benzene rings is 2. The van der Waals surface area contributed by atoms with E-state index in [2.05, 4.69) is 46.5 Å². The van der Waals surface area contributed by atoms with Crippen LogP contribution in [0.25, 0.3) is 10.9 Å². The molecule has 2 aromatic carbocycles. The molecule has 0 aliphatic rings. The monoisotopic (exact) mass is 417 g/mol. The van der Waals surface area contributed by atoms with Gasteiger partial charge in [-0.3, -0.25) is 9.59 Å². The fraction of sp³-hybridized carbons (Fsp3) is 0.208. The van der Waals surface area contributed by atoms with Gasteiger partial charge in [-0.05, 0) is 41.1 Å². The highest BCUT2D eigenvalue weighted by Crippen LogP contribution is 2.26. The van der Waals surface area contributed by atoms with E-state index in [-0.39, 0.29) is 23.9 Å². The Morgan fingerprint density at radius 3 is 2.63 bits per heavy atom. The zero-order valence-electron chi connectivity index (χ0n) is 16.7. The summed E-state index contributed by atoms with van der Waals surface area (Å²) < 4.78 is 0. The van der Waals surface area contributed by atoms with Crippen LogP contribution in [0.15, 0.2) is 70.8 Å². The molecule has 0 aliphatic carbocycles. The fourth-order valence-corrected chi connectivity index (χ4v) is 4.24. The molecule has 1 unspecified atom stereocenters. The van der Waals surface area contributed by atoms with Gasteiger partial charge >= 0.3 is 0 Å². The highest BCUT2D eigenvalue weighted by Gasteiger charge is 2.18. The molecular weight excluding hydrogens is 394 g/mol. The third-order valence-electron chi connectivity index (χ3n) is 5.11. The van der Waals surface area contributed by atoms with Crippen LogP contribution >= 0.6 is 11.3 Å². The van der Waals surface area contributed by atoms with Crippen molar-refractivity contribution in [3.05, 3.63) is 98.2 Å². The number of hydrogen-bond acceptors (Lipinski definition) is 4. The number of nitrogens with one attached hydrogen (secondary N) is 2. The first-order chi connectivity index (χ1) is 14.6. The number of H-pyrrole nitrogens is 1. The minimum absolute atomic E-state index is 0.0798. The predicted molar refractivity (Wildman–Crippen MR) is 121 cm³/mol. The molecular formula is C24H23N3O2S. The van der Waals surface area contributed by atoms with Crippen LogP contribution in [0.5, 0.6) is 0 Å². The molecule has 6 heteroatoms. The Bertz CT molecular complexity index is 1200. The second-order valence-corrected chi connectivity index (χ2v) is 8.12. The van der Waals surface area contributed by atoms with E-state index in [0.717, 1.165) is 16.9 Å².